The minimum Gasteiger partial charge on any atom is -0.456 e. The molecule has 304 valence electrons. The molecule has 9 nitrogen and oxygen atoms in total. The van der Waals surface area contributed by atoms with Gasteiger partial charge >= 0.3 is 0 Å². The molecule has 0 radical (unpaired) electrons. The van der Waals surface area contributed by atoms with E-state index in [0.717, 1.165) is 93.0 Å². The van der Waals surface area contributed by atoms with Crippen molar-refractivity contribution in [3.05, 3.63) is 137 Å². The van der Waals surface area contributed by atoms with Gasteiger partial charge in [0, 0.05) is 103 Å². The van der Waals surface area contributed by atoms with E-state index in [1.165, 1.54) is 0 Å². The minimum absolute atomic E-state index is 0.0754. The molecule has 4 aromatic carbocycles. The van der Waals surface area contributed by atoms with Crippen LogP contribution in [-0.2, 0) is 16.1 Å². The van der Waals surface area contributed by atoms with Crippen LogP contribution in [0, 0.1) is 11.8 Å². The van der Waals surface area contributed by atoms with E-state index in [-0.39, 0.29) is 30.6 Å². The van der Waals surface area contributed by atoms with Crippen LogP contribution in [0.25, 0.3) is 33.4 Å². The van der Waals surface area contributed by atoms with E-state index in [4.69, 9.17) is 4.42 Å². The van der Waals surface area contributed by atoms with Crippen LogP contribution < -0.4 is 19.7 Å². The molecule has 4 aromatic rings. The van der Waals surface area contributed by atoms with Crippen LogP contribution in [0.1, 0.15) is 67.6 Å². The lowest BCUT2D eigenvalue weighted by molar-refractivity contribution is -0.134. The number of anilines is 2. The normalized spacial score (nSPS) is 13.5. The average Bonchev–Trinajstić information content (AvgIpc) is 3.28. The van der Waals surface area contributed by atoms with Gasteiger partial charge in [-0.1, -0.05) is 60.4 Å². The van der Waals surface area contributed by atoms with Crippen LogP contribution in [0.4, 0.5) is 11.4 Å². The number of fused-ring (bicyclic) bond motifs is 4. The highest BCUT2D eigenvalue weighted by atomic mass is 16.3. The van der Waals surface area contributed by atoms with Gasteiger partial charge in [0.2, 0.25) is 17.2 Å². The Balaban J connectivity index is 1.02. The maximum atomic E-state index is 14.5. The summed E-state index contributed by atoms with van der Waals surface area (Å²) < 4.78 is 9.01. The van der Waals surface area contributed by atoms with Crippen molar-refractivity contribution in [3.8, 4) is 34.3 Å². The third kappa shape index (κ3) is 7.90. The molecule has 0 bridgehead atoms. The van der Waals surface area contributed by atoms with Crippen LogP contribution in [0.3, 0.4) is 0 Å². The Labute approximate surface area is 352 Å². The Bertz CT molecular complexity index is 2690. The van der Waals surface area contributed by atoms with Gasteiger partial charge in [-0.3, -0.25) is 14.4 Å². The lowest BCUT2D eigenvalue weighted by Crippen LogP contribution is -2.50. The zero-order valence-electron chi connectivity index (χ0n) is 35.0. The second-order valence-corrected chi connectivity index (χ2v) is 15.3. The number of amides is 3. The fourth-order valence-corrected chi connectivity index (χ4v) is 8.66. The lowest BCUT2D eigenvalue weighted by atomic mass is 9.90. The van der Waals surface area contributed by atoms with E-state index in [1.54, 1.807) is 9.80 Å². The number of benzene rings is 5. The Morgan fingerprint density at radius 3 is 2.12 bits per heavy atom. The van der Waals surface area contributed by atoms with Gasteiger partial charge in [0.05, 0.1) is 18.3 Å². The number of hydrogen-bond donors (Lipinski definition) is 0. The van der Waals surface area contributed by atoms with Crippen molar-refractivity contribution in [1.82, 2.24) is 14.4 Å². The Kier molecular flexibility index (Phi) is 11.8. The topological polar surface area (TPSA) is 80.3 Å². The number of nitrogens with zero attached hydrogens (tertiary/aromatic N) is 5. The van der Waals surface area contributed by atoms with Crippen molar-refractivity contribution in [2.45, 2.75) is 47.1 Å². The van der Waals surface area contributed by atoms with Gasteiger partial charge in [0.15, 0.2) is 0 Å². The molecule has 9 heteroatoms. The maximum Gasteiger partial charge on any atom is 0.254 e. The fourth-order valence-electron chi connectivity index (χ4n) is 8.66. The Morgan fingerprint density at radius 2 is 1.35 bits per heavy atom. The molecule has 1 saturated heterocycles. The summed E-state index contributed by atoms with van der Waals surface area (Å²) in [5, 5.41) is 2.03. The molecule has 4 aliphatic rings. The van der Waals surface area contributed by atoms with Gasteiger partial charge in [-0.2, -0.15) is 0 Å². The summed E-state index contributed by atoms with van der Waals surface area (Å²) in [6.07, 6.45) is 0.167. The van der Waals surface area contributed by atoms with Crippen LogP contribution in [0.2, 0.25) is 0 Å². The first-order valence-corrected chi connectivity index (χ1v) is 21.3. The smallest absolute Gasteiger partial charge is 0.254 e. The molecule has 1 fully saturated rings. The zero-order chi connectivity index (χ0) is 41.8. The number of piperazine rings is 1. The molecule has 60 heavy (non-hydrogen) atoms. The first kappa shape index (κ1) is 40.1. The van der Waals surface area contributed by atoms with Gasteiger partial charge in [-0.15, -0.1) is 0 Å². The first-order chi connectivity index (χ1) is 29.3. The predicted octanol–water partition coefficient (Wildman–Crippen LogP) is 7.87. The van der Waals surface area contributed by atoms with Crippen molar-refractivity contribution < 1.29 is 18.8 Å². The zero-order valence-corrected chi connectivity index (χ0v) is 35.0. The van der Waals surface area contributed by atoms with Gasteiger partial charge in [-0.05, 0) is 81.3 Å². The fraction of sp³-hybridized carbons (Fsp3) is 0.294. The summed E-state index contributed by atoms with van der Waals surface area (Å²) in [6.45, 7) is 14.1. The molecule has 0 spiro atoms. The van der Waals surface area contributed by atoms with Gasteiger partial charge in [0.25, 0.3) is 5.91 Å². The van der Waals surface area contributed by atoms with Crippen LogP contribution in [-0.4, -0.2) is 79.9 Å². The van der Waals surface area contributed by atoms with Gasteiger partial charge < -0.3 is 24.0 Å². The van der Waals surface area contributed by atoms with Crippen LogP contribution in [0.15, 0.2) is 114 Å². The maximum absolute atomic E-state index is 14.5. The number of carbonyl (C=O) groups excluding carboxylic acids is 3. The molecule has 3 heterocycles. The van der Waals surface area contributed by atoms with Crippen molar-refractivity contribution >= 4 is 40.1 Å². The summed E-state index contributed by atoms with van der Waals surface area (Å²) in [5.41, 5.74) is 8.61. The van der Waals surface area contributed by atoms with E-state index >= 15 is 0 Å². The first-order valence-electron chi connectivity index (χ1n) is 21.3. The molecule has 3 amide bonds. The molecule has 0 atom stereocenters. The molecule has 8 rings (SSSR count). The van der Waals surface area contributed by atoms with Crippen LogP contribution >= 0.6 is 0 Å². The van der Waals surface area contributed by atoms with E-state index in [1.807, 2.05) is 77.7 Å². The molecule has 0 saturated carbocycles. The summed E-state index contributed by atoms with van der Waals surface area (Å²) in [5.74, 6) is 6.97. The van der Waals surface area contributed by atoms with Crippen molar-refractivity contribution in [1.29, 1.82) is 0 Å². The van der Waals surface area contributed by atoms with Crippen LogP contribution in [0.5, 0.6) is 0 Å². The Hall–Kier alpha value is -6.66. The van der Waals surface area contributed by atoms with E-state index in [0.29, 0.717) is 38.3 Å². The molecule has 1 aliphatic carbocycles. The Morgan fingerprint density at radius 1 is 0.683 bits per heavy atom. The number of hydrogen-bond acceptors (Lipinski definition) is 5. The minimum atomic E-state index is -0.123. The number of carbonyl (C=O) groups is 3. The largest absolute Gasteiger partial charge is 0.456 e. The second-order valence-electron chi connectivity index (χ2n) is 15.3. The standard InChI is InChI=1S/C51H52N5O4/c1-5-52(6-2)39-23-25-43-46(33-39)60-47-34-40(53(7-3)8-4)24-26-44(47)50(43)41-18-12-13-19-42(41)51(59)55-31-29-54(30-32-55)48(57)27-28-49(58)56-35-38-17-10-9-15-36(38)21-22-37-16-11-14-20-45(37)56/h9-20,23-26,33-34H,5-8,27-32,35H2,1-4H3/q+1. The van der Waals surface area contributed by atoms with Gasteiger partial charge in [0.1, 0.15) is 24.4 Å². The lowest BCUT2D eigenvalue weighted by Gasteiger charge is -2.35. The molecule has 0 N–H and O–H groups in total. The molecular formula is C51H52N5O4+. The second kappa shape index (κ2) is 17.7. The molecule has 0 aromatic heterocycles. The average molecular weight is 799 g/mol. The quantitative estimate of drug-likeness (QED) is 0.0801. The molecule has 3 aliphatic heterocycles. The highest BCUT2D eigenvalue weighted by Gasteiger charge is 2.29. The predicted molar refractivity (Wildman–Crippen MR) is 240 cm³/mol. The van der Waals surface area contributed by atoms with E-state index < -0.39 is 0 Å². The van der Waals surface area contributed by atoms with E-state index in [9.17, 15) is 14.4 Å². The van der Waals surface area contributed by atoms with Crippen molar-refractivity contribution in [2.75, 3.05) is 62.2 Å². The van der Waals surface area contributed by atoms with Gasteiger partial charge in [-0.25, -0.2) is 4.58 Å². The third-order valence-electron chi connectivity index (χ3n) is 12.0. The molecule has 0 unspecified atom stereocenters. The number of rotatable bonds is 10. The van der Waals surface area contributed by atoms with Crippen molar-refractivity contribution in [3.63, 3.8) is 0 Å². The molecular weight excluding hydrogens is 747 g/mol. The summed E-state index contributed by atoms with van der Waals surface area (Å²) in [7, 11) is 0. The monoisotopic (exact) mass is 798 g/mol. The highest BCUT2D eigenvalue weighted by Crippen LogP contribution is 2.42. The summed E-state index contributed by atoms with van der Waals surface area (Å²) in [6, 6.07) is 36.1. The third-order valence-corrected chi connectivity index (χ3v) is 12.0. The summed E-state index contributed by atoms with van der Waals surface area (Å²) in [4.78, 5) is 49.7. The SMILES string of the molecule is CCN(CC)c1ccc2c(-c3ccccc3C(=O)N3CCN(C(=O)CCC(=O)N4Cc5ccccc5C#Cc5ccccc54)CC3)c3ccc(=[N+](CC)CC)cc-3oc2c1. The van der Waals surface area contributed by atoms with Crippen molar-refractivity contribution in [2.24, 2.45) is 0 Å². The summed E-state index contributed by atoms with van der Waals surface area (Å²) >= 11 is 0. The van der Waals surface area contributed by atoms with E-state index in [2.05, 4.69) is 85.4 Å². The number of para-hydroxylation sites is 1. The highest BCUT2D eigenvalue weighted by molar-refractivity contribution is 6.09.